The second-order valence-corrected chi connectivity index (χ2v) is 7.06. The van der Waals surface area contributed by atoms with Gasteiger partial charge < -0.3 is 14.3 Å². The van der Waals surface area contributed by atoms with Crippen LogP contribution < -0.4 is 0 Å². The van der Waals surface area contributed by atoms with Crippen molar-refractivity contribution < 1.29 is 14.3 Å². The van der Waals surface area contributed by atoms with E-state index in [1.807, 2.05) is 13.1 Å². The number of hydrogen-bond donors (Lipinski definition) is 0. The smallest absolute Gasteiger partial charge is 0.152 e. The van der Waals surface area contributed by atoms with Crippen molar-refractivity contribution in [1.29, 1.82) is 0 Å². The van der Waals surface area contributed by atoms with Crippen molar-refractivity contribution in [2.45, 2.75) is 70.8 Å². The summed E-state index contributed by atoms with van der Waals surface area (Å²) in [5.74, 6) is 1.01. The zero-order valence-corrected chi connectivity index (χ0v) is 15.3. The van der Waals surface area contributed by atoms with Crippen LogP contribution >= 0.6 is 0 Å². The predicted molar refractivity (Wildman–Crippen MR) is 95.0 cm³/mol. The lowest BCUT2D eigenvalue weighted by Gasteiger charge is -2.26. The Bertz CT molecular complexity index is 528. The molecule has 1 heterocycles. The molecular weight excluding hydrogens is 302 g/mol. The summed E-state index contributed by atoms with van der Waals surface area (Å²) < 4.78 is 10.6. The molecule has 1 aliphatic rings. The van der Waals surface area contributed by atoms with E-state index >= 15 is 0 Å². The molecule has 0 bridgehead atoms. The Morgan fingerprint density at radius 1 is 1.38 bits per heavy atom. The van der Waals surface area contributed by atoms with Gasteiger partial charge in [-0.05, 0) is 49.3 Å². The van der Waals surface area contributed by atoms with E-state index in [0.717, 1.165) is 24.3 Å². The Labute approximate surface area is 146 Å². The number of pyridine rings is 1. The van der Waals surface area contributed by atoms with Crippen LogP contribution in [0.15, 0.2) is 12.3 Å². The highest BCUT2D eigenvalue weighted by Gasteiger charge is 2.30. The Kier molecular flexibility index (Phi) is 7.38. The molecule has 0 spiro atoms. The molecule has 1 atom stereocenters. The van der Waals surface area contributed by atoms with Crippen LogP contribution in [0.25, 0.3) is 0 Å². The van der Waals surface area contributed by atoms with Crippen LogP contribution in [0.2, 0.25) is 0 Å². The maximum atomic E-state index is 11.6. The van der Waals surface area contributed by atoms with E-state index in [4.69, 9.17) is 9.47 Å². The minimum atomic E-state index is -0.846. The van der Waals surface area contributed by atoms with Gasteiger partial charge in [0.05, 0.1) is 0 Å². The third-order valence-electron chi connectivity index (χ3n) is 5.03. The van der Waals surface area contributed by atoms with Gasteiger partial charge in [-0.25, -0.2) is 0 Å². The van der Waals surface area contributed by atoms with Crippen molar-refractivity contribution in [3.05, 3.63) is 29.1 Å². The Hall–Kier alpha value is -1.26. The van der Waals surface area contributed by atoms with Gasteiger partial charge in [0.25, 0.3) is 0 Å². The fourth-order valence-corrected chi connectivity index (χ4v) is 3.06. The average Bonchev–Trinajstić information content (AvgIpc) is 3.42. The molecule has 0 saturated heterocycles. The molecule has 1 unspecified atom stereocenters. The van der Waals surface area contributed by atoms with Crippen molar-refractivity contribution >= 4 is 6.29 Å². The van der Waals surface area contributed by atoms with Crippen LogP contribution in [0, 0.1) is 12.8 Å². The first-order valence-electron chi connectivity index (χ1n) is 9.16. The Balaban J connectivity index is 1.97. The van der Waals surface area contributed by atoms with Crippen LogP contribution in [0.1, 0.15) is 62.3 Å². The van der Waals surface area contributed by atoms with Gasteiger partial charge >= 0.3 is 0 Å². The number of methoxy groups -OCH3 is 1. The van der Waals surface area contributed by atoms with E-state index in [1.165, 1.54) is 43.2 Å². The molecule has 4 nitrogen and oxygen atoms in total. The fraction of sp³-hybridized carbons (Fsp3) is 0.700. The number of aryl methyl sites for hydroxylation is 2. The SMILES string of the molecule is CCC(C=O)(Cc1cc(CCCCC2CC2)c(C)cn1)OCOC. The van der Waals surface area contributed by atoms with E-state index in [0.29, 0.717) is 12.8 Å². The monoisotopic (exact) mass is 333 g/mol. The summed E-state index contributed by atoms with van der Waals surface area (Å²) in [6.07, 6.45) is 11.8. The minimum Gasteiger partial charge on any atom is -0.359 e. The maximum Gasteiger partial charge on any atom is 0.152 e. The summed E-state index contributed by atoms with van der Waals surface area (Å²) >= 11 is 0. The van der Waals surface area contributed by atoms with Gasteiger partial charge in [-0.3, -0.25) is 4.98 Å². The van der Waals surface area contributed by atoms with Crippen molar-refractivity contribution in [2.24, 2.45) is 5.92 Å². The van der Waals surface area contributed by atoms with E-state index in [2.05, 4.69) is 18.0 Å². The zero-order valence-electron chi connectivity index (χ0n) is 15.3. The quantitative estimate of drug-likeness (QED) is 0.329. The average molecular weight is 333 g/mol. The van der Waals surface area contributed by atoms with Gasteiger partial charge in [0.2, 0.25) is 0 Å². The topological polar surface area (TPSA) is 48.4 Å². The number of nitrogens with zero attached hydrogens (tertiary/aromatic N) is 1. The van der Waals surface area contributed by atoms with Gasteiger partial charge in [0, 0.05) is 25.4 Å². The van der Waals surface area contributed by atoms with Gasteiger partial charge in [0.15, 0.2) is 6.29 Å². The molecule has 4 heteroatoms. The lowest BCUT2D eigenvalue weighted by molar-refractivity contribution is -0.152. The first-order valence-corrected chi connectivity index (χ1v) is 9.16. The number of ether oxygens (including phenoxy) is 2. The molecule has 1 aromatic rings. The summed E-state index contributed by atoms with van der Waals surface area (Å²) in [6, 6.07) is 2.15. The molecule has 0 aromatic carbocycles. The lowest BCUT2D eigenvalue weighted by Crippen LogP contribution is -2.37. The number of aldehydes is 1. The van der Waals surface area contributed by atoms with Crippen molar-refractivity contribution in [2.75, 3.05) is 13.9 Å². The lowest BCUT2D eigenvalue weighted by atomic mass is 9.94. The maximum absolute atomic E-state index is 11.6. The Morgan fingerprint density at radius 3 is 2.79 bits per heavy atom. The highest BCUT2D eigenvalue weighted by molar-refractivity contribution is 5.63. The highest BCUT2D eigenvalue weighted by atomic mass is 16.7. The van der Waals surface area contributed by atoms with E-state index in [-0.39, 0.29) is 6.79 Å². The van der Waals surface area contributed by atoms with Crippen LogP contribution in [0.3, 0.4) is 0 Å². The molecule has 1 aromatic heterocycles. The molecular formula is C20H31NO3. The van der Waals surface area contributed by atoms with Crippen LogP contribution in [-0.4, -0.2) is 30.8 Å². The number of rotatable bonds is 12. The Morgan fingerprint density at radius 2 is 2.17 bits per heavy atom. The minimum absolute atomic E-state index is 0.118. The third kappa shape index (κ3) is 5.67. The van der Waals surface area contributed by atoms with Gasteiger partial charge in [-0.15, -0.1) is 0 Å². The molecule has 0 aliphatic heterocycles. The van der Waals surface area contributed by atoms with Gasteiger partial charge in [-0.1, -0.05) is 32.6 Å². The van der Waals surface area contributed by atoms with Crippen LogP contribution in [0.5, 0.6) is 0 Å². The molecule has 134 valence electrons. The summed E-state index contributed by atoms with van der Waals surface area (Å²) in [5.41, 5.74) is 2.65. The molecule has 0 amide bonds. The second-order valence-electron chi connectivity index (χ2n) is 7.06. The predicted octanol–water partition coefficient (Wildman–Crippen LogP) is 4.02. The second kappa shape index (κ2) is 9.28. The standard InChI is InChI=1S/C20H31NO3/c1-4-20(14-22,24-15-23-3)12-19-11-18(16(2)13-21-19)8-6-5-7-17-9-10-17/h11,13-14,17H,4-10,12,15H2,1-3H3. The van der Waals surface area contributed by atoms with Gasteiger partial charge in [-0.2, -0.15) is 0 Å². The molecule has 1 fully saturated rings. The number of carbonyl (C=O) groups is 1. The molecule has 2 rings (SSSR count). The van der Waals surface area contributed by atoms with E-state index in [1.54, 1.807) is 7.11 Å². The first-order chi connectivity index (χ1) is 11.6. The van der Waals surface area contributed by atoms with E-state index < -0.39 is 5.60 Å². The largest absolute Gasteiger partial charge is 0.359 e. The fourth-order valence-electron chi connectivity index (χ4n) is 3.06. The molecule has 1 aliphatic carbocycles. The van der Waals surface area contributed by atoms with Crippen LogP contribution in [0.4, 0.5) is 0 Å². The number of carbonyl (C=O) groups excluding carboxylic acids is 1. The van der Waals surface area contributed by atoms with Gasteiger partial charge in [0.1, 0.15) is 12.4 Å². The summed E-state index contributed by atoms with van der Waals surface area (Å²) in [6.45, 7) is 4.19. The first kappa shape index (κ1) is 19.1. The number of aromatic nitrogens is 1. The summed E-state index contributed by atoms with van der Waals surface area (Å²) in [4.78, 5) is 16.1. The number of unbranched alkanes of at least 4 members (excludes halogenated alkanes) is 1. The highest BCUT2D eigenvalue weighted by Crippen LogP contribution is 2.34. The zero-order chi connectivity index (χ0) is 17.4. The molecule has 1 saturated carbocycles. The van der Waals surface area contributed by atoms with Crippen molar-refractivity contribution in [3.63, 3.8) is 0 Å². The molecule has 0 radical (unpaired) electrons. The normalized spacial score (nSPS) is 16.8. The summed E-state index contributed by atoms with van der Waals surface area (Å²) in [5, 5.41) is 0. The summed E-state index contributed by atoms with van der Waals surface area (Å²) in [7, 11) is 1.56. The molecule has 24 heavy (non-hydrogen) atoms. The number of hydrogen-bond acceptors (Lipinski definition) is 4. The van der Waals surface area contributed by atoms with E-state index in [9.17, 15) is 4.79 Å². The molecule has 0 N–H and O–H groups in total. The van der Waals surface area contributed by atoms with Crippen LogP contribution in [-0.2, 0) is 27.1 Å². The van der Waals surface area contributed by atoms with Crippen molar-refractivity contribution in [1.82, 2.24) is 4.98 Å². The van der Waals surface area contributed by atoms with Crippen molar-refractivity contribution in [3.8, 4) is 0 Å². The third-order valence-corrected chi connectivity index (χ3v) is 5.03.